The van der Waals surface area contributed by atoms with Crippen molar-refractivity contribution in [3.63, 3.8) is 0 Å². The van der Waals surface area contributed by atoms with Crippen LogP contribution in [-0.2, 0) is 9.59 Å². The maximum atomic E-state index is 12.5. The minimum Gasteiger partial charge on any atom is -0.351 e. The highest BCUT2D eigenvalue weighted by molar-refractivity contribution is 6.01. The number of hydrogen-bond donors (Lipinski definition) is 3. The third kappa shape index (κ3) is 4.74. The first-order valence-electron chi connectivity index (χ1n) is 6.76. The molecule has 0 bridgehead atoms. The first-order chi connectivity index (χ1) is 9.38. The van der Waals surface area contributed by atoms with E-state index >= 15 is 0 Å². The van der Waals surface area contributed by atoms with Gasteiger partial charge in [-0.1, -0.05) is 0 Å². The molecule has 2 aliphatic rings. The van der Waals surface area contributed by atoms with Gasteiger partial charge in [0.15, 0.2) is 0 Å². The zero-order chi connectivity index (χ0) is 14.8. The lowest BCUT2D eigenvalue weighted by Crippen LogP contribution is -2.56. The van der Waals surface area contributed by atoms with Crippen molar-refractivity contribution >= 4 is 24.2 Å². The van der Waals surface area contributed by atoms with Crippen LogP contribution in [0.25, 0.3) is 0 Å². The molecule has 21 heavy (non-hydrogen) atoms. The van der Waals surface area contributed by atoms with Gasteiger partial charge < -0.3 is 16.0 Å². The second-order valence-electron chi connectivity index (χ2n) is 5.28. The Morgan fingerprint density at radius 3 is 2.48 bits per heavy atom. The molecule has 0 saturated carbocycles. The van der Waals surface area contributed by atoms with Crippen LogP contribution in [0.4, 0.5) is 13.2 Å². The number of nitrogens with one attached hydrogen (secondary N) is 3. The van der Waals surface area contributed by atoms with Gasteiger partial charge in [-0.15, -0.1) is 12.4 Å². The third-order valence-electron chi connectivity index (χ3n) is 3.73. The Kier molecular flexibility index (Phi) is 6.27. The second-order valence-corrected chi connectivity index (χ2v) is 5.28. The molecule has 2 rings (SSSR count). The highest BCUT2D eigenvalue weighted by atomic mass is 35.5. The van der Waals surface area contributed by atoms with Crippen molar-refractivity contribution in [3.8, 4) is 0 Å². The summed E-state index contributed by atoms with van der Waals surface area (Å²) in [7, 11) is 0. The van der Waals surface area contributed by atoms with Crippen molar-refractivity contribution in [1.29, 1.82) is 0 Å². The molecule has 0 radical (unpaired) electrons. The summed E-state index contributed by atoms with van der Waals surface area (Å²) in [6.45, 7) is 1.52. The zero-order valence-electron chi connectivity index (χ0n) is 11.3. The van der Waals surface area contributed by atoms with Gasteiger partial charge in [-0.25, -0.2) is 0 Å². The van der Waals surface area contributed by atoms with Crippen LogP contribution >= 0.6 is 12.4 Å². The number of amides is 2. The maximum absolute atomic E-state index is 12.5. The van der Waals surface area contributed by atoms with Gasteiger partial charge in [0.25, 0.3) is 0 Å². The van der Waals surface area contributed by atoms with E-state index in [0.717, 1.165) is 19.4 Å². The Labute approximate surface area is 126 Å². The predicted octanol–water partition coefficient (Wildman–Crippen LogP) is 0.733. The van der Waals surface area contributed by atoms with Gasteiger partial charge in [0.1, 0.15) is 12.0 Å². The summed E-state index contributed by atoms with van der Waals surface area (Å²) in [4.78, 5) is 23.6. The molecular formula is C12H19ClF3N3O2. The SMILES string of the molecule is Cl.O=C1NC(C(F)(F)F)CCC1C(=O)N[C@H]1CCCNC1. The fraction of sp³-hybridized carbons (Fsp3) is 0.833. The summed E-state index contributed by atoms with van der Waals surface area (Å²) in [6.07, 6.45) is -3.03. The smallest absolute Gasteiger partial charge is 0.351 e. The molecule has 9 heteroatoms. The molecule has 2 heterocycles. The molecule has 0 aromatic carbocycles. The fourth-order valence-electron chi connectivity index (χ4n) is 2.58. The Hall–Kier alpha value is -1.02. The summed E-state index contributed by atoms with van der Waals surface area (Å²) in [5, 5.41) is 7.73. The van der Waals surface area contributed by atoms with Crippen LogP contribution in [0.1, 0.15) is 25.7 Å². The van der Waals surface area contributed by atoms with Gasteiger partial charge in [0.2, 0.25) is 11.8 Å². The molecule has 2 aliphatic heterocycles. The second kappa shape index (κ2) is 7.31. The fourth-order valence-corrected chi connectivity index (χ4v) is 2.58. The molecule has 0 aliphatic carbocycles. The molecule has 122 valence electrons. The largest absolute Gasteiger partial charge is 0.408 e. The zero-order valence-corrected chi connectivity index (χ0v) is 12.1. The normalized spacial score (nSPS) is 30.0. The first kappa shape index (κ1) is 18.0. The van der Waals surface area contributed by atoms with E-state index in [1.54, 1.807) is 0 Å². The molecule has 2 saturated heterocycles. The number of rotatable bonds is 2. The molecule has 3 N–H and O–H groups in total. The van der Waals surface area contributed by atoms with Crippen molar-refractivity contribution < 1.29 is 22.8 Å². The van der Waals surface area contributed by atoms with E-state index in [4.69, 9.17) is 0 Å². The van der Waals surface area contributed by atoms with Crippen LogP contribution in [0.15, 0.2) is 0 Å². The minimum atomic E-state index is -4.45. The van der Waals surface area contributed by atoms with E-state index in [-0.39, 0.29) is 31.3 Å². The Balaban J connectivity index is 0.00000220. The molecule has 2 fully saturated rings. The van der Waals surface area contributed by atoms with Crippen molar-refractivity contribution in [2.45, 2.75) is 43.9 Å². The molecular weight excluding hydrogens is 311 g/mol. The molecule has 0 aromatic rings. The number of halogens is 4. The average Bonchev–Trinajstić information content (AvgIpc) is 2.38. The summed E-state index contributed by atoms with van der Waals surface area (Å²) >= 11 is 0. The third-order valence-corrected chi connectivity index (χ3v) is 3.73. The van der Waals surface area contributed by atoms with E-state index in [2.05, 4.69) is 10.6 Å². The van der Waals surface area contributed by atoms with Gasteiger partial charge in [-0.05, 0) is 32.2 Å². The van der Waals surface area contributed by atoms with E-state index in [1.165, 1.54) is 0 Å². The summed E-state index contributed by atoms with van der Waals surface area (Å²) in [5.41, 5.74) is 0. The van der Waals surface area contributed by atoms with E-state index in [1.807, 2.05) is 5.32 Å². The number of hydrogen-bond acceptors (Lipinski definition) is 3. The summed E-state index contributed by atoms with van der Waals surface area (Å²) < 4.78 is 37.5. The quantitative estimate of drug-likeness (QED) is 0.654. The standard InChI is InChI=1S/C12H18F3N3O2.ClH/c13-12(14,15)9-4-3-8(11(20)18-9)10(19)17-7-2-1-5-16-6-7;/h7-9,16H,1-6H2,(H,17,19)(H,18,20);1H/t7-,8?,9?;/m0./s1. The number of alkyl halides is 3. The molecule has 3 atom stereocenters. The van der Waals surface area contributed by atoms with Crippen molar-refractivity contribution in [2.75, 3.05) is 13.1 Å². The monoisotopic (exact) mass is 329 g/mol. The van der Waals surface area contributed by atoms with Gasteiger partial charge >= 0.3 is 6.18 Å². The van der Waals surface area contributed by atoms with Crippen LogP contribution in [0.5, 0.6) is 0 Å². The Bertz CT molecular complexity index is 386. The first-order valence-corrected chi connectivity index (χ1v) is 6.76. The topological polar surface area (TPSA) is 70.2 Å². The predicted molar refractivity (Wildman–Crippen MR) is 72.0 cm³/mol. The van der Waals surface area contributed by atoms with Crippen LogP contribution in [0.3, 0.4) is 0 Å². The lowest BCUT2D eigenvalue weighted by molar-refractivity contribution is -0.171. The highest BCUT2D eigenvalue weighted by Gasteiger charge is 2.46. The van der Waals surface area contributed by atoms with Crippen LogP contribution < -0.4 is 16.0 Å². The van der Waals surface area contributed by atoms with Gasteiger partial charge in [-0.2, -0.15) is 13.2 Å². The van der Waals surface area contributed by atoms with Gasteiger partial charge in [0.05, 0.1) is 0 Å². The van der Waals surface area contributed by atoms with E-state index < -0.39 is 30.0 Å². The highest BCUT2D eigenvalue weighted by Crippen LogP contribution is 2.28. The van der Waals surface area contributed by atoms with Gasteiger partial charge in [-0.3, -0.25) is 9.59 Å². The lowest BCUT2D eigenvalue weighted by atomic mass is 9.92. The van der Waals surface area contributed by atoms with Gasteiger partial charge in [0, 0.05) is 12.6 Å². The van der Waals surface area contributed by atoms with Crippen molar-refractivity contribution in [3.05, 3.63) is 0 Å². The molecule has 2 amide bonds. The number of carbonyl (C=O) groups is 2. The van der Waals surface area contributed by atoms with Crippen molar-refractivity contribution in [1.82, 2.24) is 16.0 Å². The maximum Gasteiger partial charge on any atom is 0.408 e. The molecule has 5 nitrogen and oxygen atoms in total. The Morgan fingerprint density at radius 2 is 1.95 bits per heavy atom. The van der Waals surface area contributed by atoms with Crippen LogP contribution in [-0.4, -0.2) is 43.2 Å². The molecule has 0 aromatic heterocycles. The van der Waals surface area contributed by atoms with Crippen molar-refractivity contribution in [2.24, 2.45) is 5.92 Å². The average molecular weight is 330 g/mol. The molecule has 0 spiro atoms. The molecule has 2 unspecified atom stereocenters. The van der Waals surface area contributed by atoms with E-state index in [0.29, 0.717) is 6.54 Å². The lowest BCUT2D eigenvalue weighted by Gasteiger charge is -2.31. The Morgan fingerprint density at radius 1 is 1.24 bits per heavy atom. The number of piperidine rings is 2. The van der Waals surface area contributed by atoms with Crippen LogP contribution in [0.2, 0.25) is 0 Å². The minimum absolute atomic E-state index is 0. The summed E-state index contributed by atoms with van der Waals surface area (Å²) in [6, 6.07) is -1.89. The summed E-state index contributed by atoms with van der Waals surface area (Å²) in [5.74, 6) is -2.33. The number of carbonyl (C=O) groups excluding carboxylic acids is 2. The van der Waals surface area contributed by atoms with Crippen LogP contribution in [0, 0.1) is 5.92 Å². The van der Waals surface area contributed by atoms with E-state index in [9.17, 15) is 22.8 Å².